The van der Waals surface area contributed by atoms with Gasteiger partial charge in [-0.3, -0.25) is 9.36 Å². The predicted octanol–water partition coefficient (Wildman–Crippen LogP) is 17.1. The summed E-state index contributed by atoms with van der Waals surface area (Å²) in [5.41, 5.74) is 0. The van der Waals surface area contributed by atoms with E-state index in [1.54, 1.807) is 6.08 Å². The van der Waals surface area contributed by atoms with E-state index in [0.29, 0.717) is 17.4 Å². The number of phosphoric ester groups is 1. The molecule has 9 heteroatoms. The van der Waals surface area contributed by atoms with Crippen LogP contribution in [0, 0.1) is 0 Å². The molecule has 3 atom stereocenters. The number of aliphatic hydroxyl groups excluding tert-OH is 1. The van der Waals surface area contributed by atoms with E-state index in [4.69, 9.17) is 9.05 Å². The largest absolute Gasteiger partial charge is 0.756 e. The van der Waals surface area contributed by atoms with E-state index in [1.807, 2.05) is 27.2 Å². The number of nitrogens with one attached hydrogen (secondary N) is 1. The average Bonchev–Trinajstić information content (AvgIpc) is 3.31. The fourth-order valence-corrected chi connectivity index (χ4v) is 9.16. The first-order chi connectivity index (χ1) is 33.5. The molecule has 0 saturated carbocycles. The molecule has 0 aromatic rings. The lowest BCUT2D eigenvalue weighted by Crippen LogP contribution is -2.45. The summed E-state index contributed by atoms with van der Waals surface area (Å²) in [6, 6.07) is -0.889. The summed E-state index contributed by atoms with van der Waals surface area (Å²) in [7, 11) is 1.26. The van der Waals surface area contributed by atoms with Crippen LogP contribution in [0.1, 0.15) is 264 Å². The Kier molecular flexibility index (Phi) is 49.8. The van der Waals surface area contributed by atoms with Gasteiger partial charge >= 0.3 is 0 Å². The maximum absolute atomic E-state index is 13.0. The lowest BCUT2D eigenvalue weighted by molar-refractivity contribution is -0.870. The highest BCUT2D eigenvalue weighted by Gasteiger charge is 2.23. The van der Waals surface area contributed by atoms with Gasteiger partial charge in [-0.2, -0.15) is 0 Å². The highest BCUT2D eigenvalue weighted by Crippen LogP contribution is 2.38. The van der Waals surface area contributed by atoms with Gasteiger partial charge in [0.15, 0.2) is 0 Å². The topological polar surface area (TPSA) is 108 Å². The van der Waals surface area contributed by atoms with E-state index in [-0.39, 0.29) is 19.1 Å². The van der Waals surface area contributed by atoms with Crippen molar-refractivity contribution in [1.82, 2.24) is 5.32 Å². The van der Waals surface area contributed by atoms with E-state index < -0.39 is 20.0 Å². The van der Waals surface area contributed by atoms with Crippen LogP contribution in [-0.2, 0) is 18.4 Å². The van der Waals surface area contributed by atoms with Crippen molar-refractivity contribution < 1.29 is 32.9 Å². The van der Waals surface area contributed by atoms with E-state index in [0.717, 1.165) is 64.2 Å². The van der Waals surface area contributed by atoms with E-state index in [9.17, 15) is 19.4 Å². The summed E-state index contributed by atoms with van der Waals surface area (Å²) in [4.78, 5) is 25.5. The molecule has 0 spiro atoms. The third-order valence-corrected chi connectivity index (χ3v) is 13.9. The van der Waals surface area contributed by atoms with Crippen LogP contribution in [0.2, 0.25) is 0 Å². The number of phosphoric acid groups is 1. The van der Waals surface area contributed by atoms with Crippen LogP contribution in [0.15, 0.2) is 60.8 Å². The van der Waals surface area contributed by atoms with Gasteiger partial charge in [0.05, 0.1) is 39.9 Å². The molecule has 0 bridgehead atoms. The van der Waals surface area contributed by atoms with Crippen LogP contribution in [0.3, 0.4) is 0 Å². The van der Waals surface area contributed by atoms with E-state index >= 15 is 0 Å². The Bertz CT molecular complexity index is 1310. The summed E-state index contributed by atoms with van der Waals surface area (Å²) in [6.07, 6.45) is 68.6. The number of unbranched alkanes of at least 4 members (excludes halogenated alkanes) is 32. The molecule has 0 aliphatic carbocycles. The Morgan fingerprint density at radius 2 is 0.884 bits per heavy atom. The van der Waals surface area contributed by atoms with Crippen molar-refractivity contribution >= 4 is 13.7 Å². The van der Waals surface area contributed by atoms with Crippen LogP contribution in [-0.4, -0.2) is 68.5 Å². The minimum absolute atomic E-state index is 0.00185. The quantitative estimate of drug-likeness (QED) is 0.0272. The fraction of sp³-hybridized carbons (Fsp3) is 0.817. The molecule has 0 rings (SSSR count). The second kappa shape index (κ2) is 51.1. The van der Waals surface area contributed by atoms with Gasteiger partial charge in [0.25, 0.3) is 7.82 Å². The second-order valence-corrected chi connectivity index (χ2v) is 22.4. The number of likely N-dealkylation sites (N-methyl/N-ethyl adjacent to an activating group) is 1. The number of carbonyl (C=O) groups is 1. The van der Waals surface area contributed by atoms with Crippen LogP contribution in [0.5, 0.6) is 0 Å². The summed E-state index contributed by atoms with van der Waals surface area (Å²) >= 11 is 0. The highest BCUT2D eigenvalue weighted by molar-refractivity contribution is 7.45. The zero-order valence-corrected chi connectivity index (χ0v) is 46.9. The number of nitrogens with zero attached hydrogens (tertiary/aromatic N) is 1. The molecule has 1 amide bonds. The Hall–Kier alpha value is -1.80. The third kappa shape index (κ3) is 53.8. The standard InChI is InChI=1S/C60H113N2O6P/c1-6-8-10-12-14-16-18-20-22-24-26-28-29-30-31-32-33-34-36-38-40-42-44-46-48-50-52-54-60(64)61-58(57-68-69(65,66)67-56-55-62(3,4)5)59(63)53-51-49-47-45-43-41-39-37-35-27-25-23-21-19-17-15-13-11-9-7-2/h8,10,14,16,20,22,26,28,51,53,58-59,63H,6-7,9,11-13,15,17-19,21,23-25,27,29-50,52,54-57H2,1-5H3,(H-,61,64,65,66)/b10-8-,16-14-,22-20-,28-26-,53-51+. The first kappa shape index (κ1) is 67.2. The second-order valence-electron chi connectivity index (χ2n) is 21.0. The van der Waals surface area contributed by atoms with Crippen molar-refractivity contribution in [3.63, 3.8) is 0 Å². The molecule has 0 aliphatic rings. The highest BCUT2D eigenvalue weighted by atomic mass is 31.2. The normalized spacial score (nSPS) is 14.4. The zero-order valence-electron chi connectivity index (χ0n) is 46.0. The summed E-state index contributed by atoms with van der Waals surface area (Å²) < 4.78 is 23.4. The van der Waals surface area contributed by atoms with Gasteiger partial charge in [-0.15, -0.1) is 0 Å². The van der Waals surface area contributed by atoms with Crippen molar-refractivity contribution in [1.29, 1.82) is 0 Å². The minimum Gasteiger partial charge on any atom is -0.756 e. The SMILES string of the molecule is CC/C=C\C/C=C\C/C=C\C/C=C\CCCCCCCCCCCCCCCCC(=O)NC(COP(=O)([O-])OCC[N+](C)(C)C)C(O)/C=C/CCCCCCCCCCCCCCCCCCCC. The molecule has 404 valence electrons. The van der Waals surface area contributed by atoms with Crippen LogP contribution in [0.4, 0.5) is 0 Å². The monoisotopic (exact) mass is 989 g/mol. The molecular weight excluding hydrogens is 876 g/mol. The lowest BCUT2D eigenvalue weighted by atomic mass is 10.0. The first-order valence-corrected chi connectivity index (χ1v) is 30.6. The number of hydrogen-bond donors (Lipinski definition) is 2. The fourth-order valence-electron chi connectivity index (χ4n) is 8.44. The lowest BCUT2D eigenvalue weighted by Gasteiger charge is -2.29. The Morgan fingerprint density at radius 3 is 1.29 bits per heavy atom. The van der Waals surface area contributed by atoms with Crippen molar-refractivity contribution in [2.24, 2.45) is 0 Å². The molecule has 69 heavy (non-hydrogen) atoms. The molecule has 0 aromatic carbocycles. The van der Waals surface area contributed by atoms with Crippen molar-refractivity contribution in [2.45, 2.75) is 276 Å². The van der Waals surface area contributed by atoms with Gasteiger partial charge < -0.3 is 28.8 Å². The number of hydrogen-bond acceptors (Lipinski definition) is 6. The zero-order chi connectivity index (χ0) is 50.6. The molecule has 8 nitrogen and oxygen atoms in total. The minimum atomic E-state index is -4.60. The van der Waals surface area contributed by atoms with Gasteiger partial charge in [0, 0.05) is 6.42 Å². The summed E-state index contributed by atoms with van der Waals surface area (Å²) in [5, 5.41) is 13.9. The van der Waals surface area contributed by atoms with Crippen LogP contribution < -0.4 is 10.2 Å². The predicted molar refractivity (Wildman–Crippen MR) is 297 cm³/mol. The van der Waals surface area contributed by atoms with E-state index in [2.05, 4.69) is 67.8 Å². The van der Waals surface area contributed by atoms with Gasteiger partial charge in [0.2, 0.25) is 5.91 Å². The number of quaternary nitrogens is 1. The van der Waals surface area contributed by atoms with Crippen molar-refractivity contribution in [3.8, 4) is 0 Å². The van der Waals surface area contributed by atoms with Crippen LogP contribution in [0.25, 0.3) is 0 Å². The maximum Gasteiger partial charge on any atom is 0.268 e. The van der Waals surface area contributed by atoms with Crippen molar-refractivity contribution in [3.05, 3.63) is 60.8 Å². The Morgan fingerprint density at radius 1 is 0.522 bits per heavy atom. The average molecular weight is 990 g/mol. The summed E-state index contributed by atoms with van der Waals surface area (Å²) in [6.45, 7) is 4.56. The van der Waals surface area contributed by atoms with Gasteiger partial charge in [-0.05, 0) is 57.8 Å². The molecule has 2 N–H and O–H groups in total. The molecule has 0 aliphatic heterocycles. The third-order valence-electron chi connectivity index (χ3n) is 13.0. The first-order valence-electron chi connectivity index (χ1n) is 29.2. The molecular formula is C60H113N2O6P. The number of amides is 1. The Balaban J connectivity index is 4.18. The molecule has 0 aromatic heterocycles. The van der Waals surface area contributed by atoms with Gasteiger partial charge in [0.1, 0.15) is 13.2 Å². The van der Waals surface area contributed by atoms with Crippen LogP contribution >= 0.6 is 7.82 Å². The molecule has 0 fully saturated rings. The molecule has 3 unspecified atom stereocenters. The number of rotatable bonds is 53. The molecule has 0 heterocycles. The number of carbonyl (C=O) groups excluding carboxylic acids is 1. The summed E-state index contributed by atoms with van der Waals surface area (Å²) in [5.74, 6) is -0.197. The van der Waals surface area contributed by atoms with Gasteiger partial charge in [-0.25, -0.2) is 0 Å². The van der Waals surface area contributed by atoms with Crippen molar-refractivity contribution in [2.75, 3.05) is 40.9 Å². The number of aliphatic hydroxyl groups is 1. The smallest absolute Gasteiger partial charge is 0.268 e. The molecule has 0 radical (unpaired) electrons. The Labute approximate surface area is 428 Å². The molecule has 0 saturated heterocycles. The van der Waals surface area contributed by atoms with E-state index in [1.165, 1.54) is 180 Å². The van der Waals surface area contributed by atoms with Gasteiger partial charge in [-0.1, -0.05) is 261 Å². The maximum atomic E-state index is 13.0. The number of allylic oxidation sites excluding steroid dienone is 9.